The molecule has 2 heterocycles. The fourth-order valence-electron chi connectivity index (χ4n) is 6.33. The average Bonchev–Trinajstić information content (AvgIpc) is 3.27. The van der Waals surface area contributed by atoms with Gasteiger partial charge >= 0.3 is 5.97 Å². The number of hydrogen-bond acceptors (Lipinski definition) is 5. The van der Waals surface area contributed by atoms with Crippen molar-refractivity contribution in [3.63, 3.8) is 0 Å². The average molecular weight is 485 g/mol. The van der Waals surface area contributed by atoms with Crippen LogP contribution in [0, 0.1) is 11.8 Å². The molecule has 4 rings (SSSR count). The quantitative estimate of drug-likeness (QED) is 0.504. The summed E-state index contributed by atoms with van der Waals surface area (Å²) in [4.78, 5) is 40.9. The standard InChI is InChI=1S/C27H36N2O4S/c1-18-19(16-23-24(30)28(3)26(33)34-23)17-27(2,20-12-8-6-4-5-7-9-13-20)29(18)22-15-11-10-14-21(22)25(31)32/h10-11,14-16,18-20H,4-9,12-13,17H2,1-3H3,(H,31,32)/b23-16-. The molecule has 34 heavy (non-hydrogen) atoms. The van der Waals surface area contributed by atoms with Gasteiger partial charge in [0.25, 0.3) is 11.1 Å². The lowest BCUT2D eigenvalue weighted by Gasteiger charge is -2.46. The summed E-state index contributed by atoms with van der Waals surface area (Å²) in [5.74, 6) is -0.675. The molecule has 1 N–H and O–H groups in total. The van der Waals surface area contributed by atoms with Crippen molar-refractivity contribution in [3.05, 3.63) is 40.8 Å². The number of aromatic carboxylic acids is 1. The van der Waals surface area contributed by atoms with E-state index in [9.17, 15) is 19.5 Å². The number of imide groups is 1. The van der Waals surface area contributed by atoms with Crippen molar-refractivity contribution in [1.82, 2.24) is 4.90 Å². The first-order valence-electron chi connectivity index (χ1n) is 12.6. The maximum Gasteiger partial charge on any atom is 0.337 e. The van der Waals surface area contributed by atoms with Gasteiger partial charge in [0.2, 0.25) is 0 Å². The van der Waals surface area contributed by atoms with Gasteiger partial charge in [-0.3, -0.25) is 14.5 Å². The molecule has 6 nitrogen and oxygen atoms in total. The van der Waals surface area contributed by atoms with Crippen molar-refractivity contribution >= 4 is 34.6 Å². The minimum absolute atomic E-state index is 0.0000335. The Morgan fingerprint density at radius 3 is 2.29 bits per heavy atom. The molecule has 0 aromatic heterocycles. The van der Waals surface area contributed by atoms with Gasteiger partial charge in [0, 0.05) is 24.5 Å². The van der Waals surface area contributed by atoms with Gasteiger partial charge in [0.15, 0.2) is 0 Å². The van der Waals surface area contributed by atoms with E-state index in [1.165, 1.54) is 50.5 Å². The van der Waals surface area contributed by atoms with Crippen LogP contribution in [0.5, 0.6) is 0 Å². The first-order valence-corrected chi connectivity index (χ1v) is 13.4. The van der Waals surface area contributed by atoms with Gasteiger partial charge in [-0.25, -0.2) is 4.79 Å². The Bertz CT molecular complexity index is 983. The number of thioether (sulfide) groups is 1. The molecular formula is C27H36N2O4S. The molecule has 184 valence electrons. The van der Waals surface area contributed by atoms with E-state index in [0.29, 0.717) is 16.4 Å². The molecule has 2 saturated heterocycles. The predicted molar refractivity (Wildman–Crippen MR) is 136 cm³/mol. The van der Waals surface area contributed by atoms with Crippen LogP contribution in [-0.2, 0) is 4.79 Å². The number of carbonyl (C=O) groups excluding carboxylic acids is 2. The molecule has 3 aliphatic rings. The second-order valence-electron chi connectivity index (χ2n) is 10.3. The minimum Gasteiger partial charge on any atom is -0.478 e. The molecule has 1 saturated carbocycles. The second-order valence-corrected chi connectivity index (χ2v) is 11.3. The minimum atomic E-state index is -0.921. The zero-order chi connectivity index (χ0) is 24.5. The Morgan fingerprint density at radius 2 is 1.71 bits per heavy atom. The topological polar surface area (TPSA) is 77.9 Å². The molecule has 1 aliphatic carbocycles. The number of benzene rings is 1. The van der Waals surface area contributed by atoms with E-state index < -0.39 is 5.97 Å². The van der Waals surface area contributed by atoms with Crippen molar-refractivity contribution < 1.29 is 19.5 Å². The summed E-state index contributed by atoms with van der Waals surface area (Å²) >= 11 is 1.01. The van der Waals surface area contributed by atoms with Crippen LogP contribution in [0.15, 0.2) is 35.2 Å². The highest BCUT2D eigenvalue weighted by molar-refractivity contribution is 8.18. The summed E-state index contributed by atoms with van der Waals surface area (Å²) in [6, 6.07) is 7.30. The van der Waals surface area contributed by atoms with E-state index in [4.69, 9.17) is 0 Å². The molecule has 0 spiro atoms. The highest BCUT2D eigenvalue weighted by Gasteiger charge is 2.51. The Kier molecular flexibility index (Phi) is 7.41. The molecule has 1 aromatic rings. The number of carboxylic acids is 1. The number of carbonyl (C=O) groups is 3. The van der Waals surface area contributed by atoms with Gasteiger partial charge in [-0.2, -0.15) is 0 Å². The lowest BCUT2D eigenvalue weighted by atomic mass is 9.75. The second kappa shape index (κ2) is 10.1. The van der Waals surface area contributed by atoms with E-state index in [1.807, 2.05) is 18.2 Å². The van der Waals surface area contributed by atoms with E-state index in [0.717, 1.165) is 36.7 Å². The van der Waals surface area contributed by atoms with Crippen LogP contribution in [0.1, 0.15) is 82.0 Å². The summed E-state index contributed by atoms with van der Waals surface area (Å²) < 4.78 is 0. The molecule has 2 aliphatic heterocycles. The lowest BCUT2D eigenvalue weighted by Crippen LogP contribution is -2.50. The Hall–Kier alpha value is -2.28. The van der Waals surface area contributed by atoms with Gasteiger partial charge in [-0.05, 0) is 62.9 Å². The van der Waals surface area contributed by atoms with E-state index in [1.54, 1.807) is 12.1 Å². The summed E-state index contributed by atoms with van der Waals surface area (Å²) in [7, 11) is 1.52. The number of anilines is 1. The van der Waals surface area contributed by atoms with Crippen molar-refractivity contribution in [2.75, 3.05) is 11.9 Å². The van der Waals surface area contributed by atoms with E-state index >= 15 is 0 Å². The van der Waals surface area contributed by atoms with Gasteiger partial charge in [-0.15, -0.1) is 0 Å². The Labute approximate surface area is 206 Å². The number of likely N-dealkylation sites (N-methyl/N-ethyl adjacent to an activating group) is 1. The van der Waals surface area contributed by atoms with Crippen molar-refractivity contribution in [3.8, 4) is 0 Å². The monoisotopic (exact) mass is 484 g/mol. The van der Waals surface area contributed by atoms with E-state index in [-0.39, 0.29) is 28.6 Å². The molecule has 2 amide bonds. The number of carboxylic acid groups (broad SMARTS) is 1. The zero-order valence-electron chi connectivity index (χ0n) is 20.5. The largest absolute Gasteiger partial charge is 0.478 e. The molecule has 3 atom stereocenters. The van der Waals surface area contributed by atoms with Crippen LogP contribution in [0.3, 0.4) is 0 Å². The third-order valence-corrected chi connectivity index (χ3v) is 9.19. The fraction of sp³-hybridized carbons (Fsp3) is 0.593. The van der Waals surface area contributed by atoms with Crippen molar-refractivity contribution in [2.24, 2.45) is 11.8 Å². The number of amides is 2. The molecule has 1 aromatic carbocycles. The predicted octanol–water partition coefficient (Wildman–Crippen LogP) is 6.32. The van der Waals surface area contributed by atoms with Crippen LogP contribution < -0.4 is 4.90 Å². The summed E-state index contributed by atoms with van der Waals surface area (Å²) in [6.45, 7) is 4.43. The number of rotatable bonds is 4. The maximum absolute atomic E-state index is 12.6. The molecule has 3 unspecified atom stereocenters. The van der Waals surface area contributed by atoms with Gasteiger partial charge in [-0.1, -0.05) is 56.7 Å². The molecule has 0 radical (unpaired) electrons. The Balaban J connectivity index is 1.76. The lowest BCUT2D eigenvalue weighted by molar-refractivity contribution is -0.121. The number of nitrogens with zero attached hydrogens (tertiary/aromatic N) is 2. The maximum atomic E-state index is 12.6. The summed E-state index contributed by atoms with van der Waals surface area (Å²) in [6.07, 6.45) is 12.6. The van der Waals surface area contributed by atoms with Crippen LogP contribution in [-0.4, -0.2) is 45.8 Å². The van der Waals surface area contributed by atoms with Crippen LogP contribution in [0.4, 0.5) is 10.5 Å². The third-order valence-electron chi connectivity index (χ3n) is 8.21. The Morgan fingerprint density at radius 1 is 1.09 bits per heavy atom. The molecular weight excluding hydrogens is 448 g/mol. The normalized spacial score (nSPS) is 30.5. The molecule has 0 bridgehead atoms. The summed E-state index contributed by atoms with van der Waals surface area (Å²) in [5, 5.41) is 9.73. The van der Waals surface area contributed by atoms with Crippen LogP contribution in [0.2, 0.25) is 0 Å². The molecule has 3 fully saturated rings. The van der Waals surface area contributed by atoms with Crippen LogP contribution in [0.25, 0.3) is 0 Å². The first-order chi connectivity index (χ1) is 16.2. The van der Waals surface area contributed by atoms with E-state index in [2.05, 4.69) is 18.7 Å². The first kappa shape index (κ1) is 24.8. The zero-order valence-corrected chi connectivity index (χ0v) is 21.3. The van der Waals surface area contributed by atoms with Crippen LogP contribution >= 0.6 is 11.8 Å². The van der Waals surface area contributed by atoms with Gasteiger partial charge in [0.05, 0.1) is 16.2 Å². The molecule has 7 heteroatoms. The highest BCUT2D eigenvalue weighted by Crippen LogP contribution is 2.50. The summed E-state index contributed by atoms with van der Waals surface area (Å²) in [5.41, 5.74) is 0.835. The number of hydrogen-bond donors (Lipinski definition) is 1. The van der Waals surface area contributed by atoms with Crippen molar-refractivity contribution in [1.29, 1.82) is 0 Å². The fourth-order valence-corrected chi connectivity index (χ4v) is 7.21. The third kappa shape index (κ3) is 4.64. The number of para-hydroxylation sites is 1. The van der Waals surface area contributed by atoms with Crippen molar-refractivity contribution in [2.45, 2.75) is 83.2 Å². The van der Waals surface area contributed by atoms with Gasteiger partial charge < -0.3 is 10.0 Å². The highest BCUT2D eigenvalue weighted by atomic mass is 32.2. The smallest absolute Gasteiger partial charge is 0.337 e. The SMILES string of the molecule is CC1C(/C=C2\SC(=O)N(C)C2=O)CC(C)(C2CCCCCCCC2)N1c1ccccc1C(=O)O. The van der Waals surface area contributed by atoms with Gasteiger partial charge in [0.1, 0.15) is 0 Å².